The van der Waals surface area contributed by atoms with Gasteiger partial charge in [-0.3, -0.25) is 9.69 Å². The van der Waals surface area contributed by atoms with Crippen molar-refractivity contribution in [3.05, 3.63) is 83.3 Å². The summed E-state index contributed by atoms with van der Waals surface area (Å²) in [6.45, 7) is 2.46. The molecule has 1 heterocycles. The number of methoxy groups -OCH3 is 1. The zero-order valence-electron chi connectivity index (χ0n) is 17.6. The van der Waals surface area contributed by atoms with Crippen LogP contribution < -0.4 is 19.1 Å². The predicted octanol–water partition coefficient (Wildman–Crippen LogP) is 6.29. The summed E-state index contributed by atoms with van der Waals surface area (Å²) >= 11 is 6.76. The Morgan fingerprint density at radius 3 is 2.38 bits per heavy atom. The van der Waals surface area contributed by atoms with E-state index in [0.29, 0.717) is 38.8 Å². The van der Waals surface area contributed by atoms with Crippen molar-refractivity contribution < 1.29 is 19.0 Å². The quantitative estimate of drug-likeness (QED) is 0.303. The average Bonchev–Trinajstić information content (AvgIpc) is 3.09. The van der Waals surface area contributed by atoms with Crippen LogP contribution in [0.15, 0.2) is 77.7 Å². The summed E-state index contributed by atoms with van der Waals surface area (Å²) in [5.41, 5.74) is 1.53. The number of benzene rings is 3. The van der Waals surface area contributed by atoms with Crippen LogP contribution in [0, 0.1) is 0 Å². The molecule has 162 valence electrons. The normalized spacial score (nSPS) is 14.7. The predicted molar refractivity (Wildman–Crippen MR) is 133 cm³/mol. The number of para-hydroxylation sites is 1. The monoisotopic (exact) mass is 463 g/mol. The number of hydrogen-bond donors (Lipinski definition) is 0. The Balaban J connectivity index is 1.53. The van der Waals surface area contributed by atoms with Crippen LogP contribution in [0.1, 0.15) is 12.5 Å². The van der Waals surface area contributed by atoms with Crippen LogP contribution in [-0.2, 0) is 4.79 Å². The maximum atomic E-state index is 13.1. The van der Waals surface area contributed by atoms with Gasteiger partial charge in [0.05, 0.1) is 24.3 Å². The van der Waals surface area contributed by atoms with Gasteiger partial charge in [0.15, 0.2) is 15.8 Å². The van der Waals surface area contributed by atoms with E-state index >= 15 is 0 Å². The Kier molecular flexibility index (Phi) is 6.78. The molecular weight excluding hydrogens is 442 g/mol. The van der Waals surface area contributed by atoms with Crippen molar-refractivity contribution in [1.82, 2.24) is 0 Å². The minimum atomic E-state index is -0.162. The van der Waals surface area contributed by atoms with Crippen molar-refractivity contribution >= 4 is 46.0 Å². The molecule has 0 saturated carbocycles. The van der Waals surface area contributed by atoms with Crippen LogP contribution >= 0.6 is 24.0 Å². The first-order valence-corrected chi connectivity index (χ1v) is 11.2. The van der Waals surface area contributed by atoms with E-state index < -0.39 is 0 Å². The van der Waals surface area contributed by atoms with E-state index in [2.05, 4.69) is 0 Å². The minimum Gasteiger partial charge on any atom is -0.493 e. The van der Waals surface area contributed by atoms with Gasteiger partial charge in [-0.15, -0.1) is 0 Å². The number of rotatable bonds is 7. The third-order valence-corrected chi connectivity index (χ3v) is 5.95. The highest BCUT2D eigenvalue weighted by atomic mass is 32.2. The van der Waals surface area contributed by atoms with Crippen molar-refractivity contribution in [3.63, 3.8) is 0 Å². The van der Waals surface area contributed by atoms with Crippen molar-refractivity contribution in [2.75, 3.05) is 18.6 Å². The fraction of sp³-hybridized carbons (Fsp3) is 0.120. The Hall–Kier alpha value is -3.29. The van der Waals surface area contributed by atoms with Crippen LogP contribution in [0.3, 0.4) is 0 Å². The van der Waals surface area contributed by atoms with Gasteiger partial charge in [0, 0.05) is 0 Å². The molecule has 1 amide bonds. The fourth-order valence-electron chi connectivity index (χ4n) is 3.18. The minimum absolute atomic E-state index is 0.162. The second kappa shape index (κ2) is 9.89. The van der Waals surface area contributed by atoms with Crippen LogP contribution in [0.2, 0.25) is 0 Å². The van der Waals surface area contributed by atoms with Crippen molar-refractivity contribution in [2.24, 2.45) is 0 Å². The van der Waals surface area contributed by atoms with E-state index in [1.807, 2.05) is 85.8 Å². The summed E-state index contributed by atoms with van der Waals surface area (Å²) in [6, 6.07) is 22.4. The topological polar surface area (TPSA) is 48.0 Å². The van der Waals surface area contributed by atoms with Gasteiger partial charge < -0.3 is 14.2 Å². The molecule has 0 aromatic heterocycles. The zero-order chi connectivity index (χ0) is 22.5. The van der Waals surface area contributed by atoms with Gasteiger partial charge in [0.1, 0.15) is 11.5 Å². The molecule has 5 nitrogen and oxygen atoms in total. The lowest BCUT2D eigenvalue weighted by molar-refractivity contribution is -0.113. The highest BCUT2D eigenvalue weighted by Crippen LogP contribution is 2.38. The first-order valence-electron chi connectivity index (χ1n) is 10.0. The molecular formula is C25H21NO4S2. The van der Waals surface area contributed by atoms with Gasteiger partial charge in [-0.05, 0) is 67.1 Å². The zero-order valence-corrected chi connectivity index (χ0v) is 19.2. The number of hydrogen-bond acceptors (Lipinski definition) is 6. The summed E-state index contributed by atoms with van der Waals surface area (Å²) in [5, 5.41) is 0. The molecule has 0 radical (unpaired) electrons. The SMILES string of the molecule is CCOc1ccc(/C=C2\SC(=S)N(c3ccc(Oc4ccccc4)cc3)C2=O)cc1OC. The number of carbonyl (C=O) groups is 1. The van der Waals surface area contributed by atoms with Crippen LogP contribution in [0.25, 0.3) is 6.08 Å². The summed E-state index contributed by atoms with van der Waals surface area (Å²) < 4.78 is 17.3. The average molecular weight is 464 g/mol. The van der Waals surface area contributed by atoms with Crippen LogP contribution in [0.4, 0.5) is 5.69 Å². The summed E-state index contributed by atoms with van der Waals surface area (Å²) in [6.07, 6.45) is 1.81. The van der Waals surface area contributed by atoms with Gasteiger partial charge in [-0.2, -0.15) is 0 Å². The van der Waals surface area contributed by atoms with E-state index in [-0.39, 0.29) is 5.91 Å². The van der Waals surface area contributed by atoms with Gasteiger partial charge in [-0.1, -0.05) is 48.2 Å². The largest absolute Gasteiger partial charge is 0.493 e. The summed E-state index contributed by atoms with van der Waals surface area (Å²) in [7, 11) is 1.59. The highest BCUT2D eigenvalue weighted by Gasteiger charge is 2.33. The second-order valence-corrected chi connectivity index (χ2v) is 8.45. The maximum Gasteiger partial charge on any atom is 0.270 e. The molecule has 0 atom stereocenters. The molecule has 7 heteroatoms. The third-order valence-electron chi connectivity index (χ3n) is 4.65. The maximum absolute atomic E-state index is 13.1. The molecule has 0 spiro atoms. The van der Waals surface area contributed by atoms with Gasteiger partial charge in [-0.25, -0.2) is 0 Å². The number of nitrogens with zero attached hydrogens (tertiary/aromatic N) is 1. The third kappa shape index (κ3) is 4.79. The molecule has 1 aliphatic rings. The van der Waals surface area contributed by atoms with Crippen molar-refractivity contribution in [1.29, 1.82) is 0 Å². The fourth-order valence-corrected chi connectivity index (χ4v) is 4.48. The summed E-state index contributed by atoms with van der Waals surface area (Å²) in [4.78, 5) is 15.2. The Bertz CT molecular complexity index is 1160. The molecule has 32 heavy (non-hydrogen) atoms. The first-order chi connectivity index (χ1) is 15.6. The Labute approximate surface area is 196 Å². The van der Waals surface area contributed by atoms with E-state index in [1.165, 1.54) is 16.7 Å². The molecule has 0 aliphatic carbocycles. The number of thiocarbonyl (C=S) groups is 1. The Morgan fingerprint density at radius 1 is 0.969 bits per heavy atom. The smallest absolute Gasteiger partial charge is 0.270 e. The molecule has 0 bridgehead atoms. The van der Waals surface area contributed by atoms with Crippen LogP contribution in [0.5, 0.6) is 23.0 Å². The highest BCUT2D eigenvalue weighted by molar-refractivity contribution is 8.27. The molecule has 4 rings (SSSR count). The van der Waals surface area contributed by atoms with Gasteiger partial charge >= 0.3 is 0 Å². The second-order valence-electron chi connectivity index (χ2n) is 6.77. The molecule has 0 N–H and O–H groups in total. The standard InChI is InChI=1S/C25H21NO4S2/c1-3-29-21-14-9-17(15-22(21)28-2)16-23-24(27)26(25(31)32-23)18-10-12-20(13-11-18)30-19-7-5-4-6-8-19/h4-16H,3H2,1-2H3/b23-16-. The molecule has 1 saturated heterocycles. The number of amides is 1. The van der Waals surface area contributed by atoms with Gasteiger partial charge in [0.25, 0.3) is 5.91 Å². The van der Waals surface area contributed by atoms with E-state index in [4.69, 9.17) is 26.4 Å². The van der Waals surface area contributed by atoms with E-state index in [9.17, 15) is 4.79 Å². The molecule has 3 aromatic rings. The van der Waals surface area contributed by atoms with Gasteiger partial charge in [0.2, 0.25) is 0 Å². The number of anilines is 1. The van der Waals surface area contributed by atoms with E-state index in [1.54, 1.807) is 7.11 Å². The molecule has 1 aliphatic heterocycles. The van der Waals surface area contributed by atoms with E-state index in [0.717, 1.165) is 11.3 Å². The van der Waals surface area contributed by atoms with Crippen LogP contribution in [-0.4, -0.2) is 23.9 Å². The first kappa shape index (κ1) is 21.9. The Morgan fingerprint density at radius 2 is 1.69 bits per heavy atom. The number of ether oxygens (including phenoxy) is 3. The lowest BCUT2D eigenvalue weighted by Crippen LogP contribution is -2.27. The molecule has 3 aromatic carbocycles. The number of carbonyl (C=O) groups excluding carboxylic acids is 1. The molecule has 0 unspecified atom stereocenters. The lowest BCUT2D eigenvalue weighted by atomic mass is 10.2. The number of thioether (sulfide) groups is 1. The molecule has 1 fully saturated rings. The van der Waals surface area contributed by atoms with Crippen molar-refractivity contribution in [2.45, 2.75) is 6.92 Å². The summed E-state index contributed by atoms with van der Waals surface area (Å²) in [5.74, 6) is 2.55. The van der Waals surface area contributed by atoms with Crippen molar-refractivity contribution in [3.8, 4) is 23.0 Å². The lowest BCUT2D eigenvalue weighted by Gasteiger charge is -2.15.